The number of pyridine rings is 1. The molecule has 5 nitrogen and oxygen atoms in total. The number of carbonyl (C=O) groups excluding carboxylic acids is 1. The summed E-state index contributed by atoms with van der Waals surface area (Å²) in [5.74, 6) is 0.454. The number of nitriles is 1. The van der Waals surface area contributed by atoms with E-state index in [4.69, 9.17) is 19.7 Å². The summed E-state index contributed by atoms with van der Waals surface area (Å²) in [4.78, 5) is 18.2. The van der Waals surface area contributed by atoms with Gasteiger partial charge in [-0.2, -0.15) is 5.26 Å². The lowest BCUT2D eigenvalue weighted by Gasteiger charge is -2.12. The third kappa shape index (κ3) is 4.14. The molecule has 166 valence electrons. The number of fused-ring (bicyclic) bond motifs is 2. The topological polar surface area (TPSA) is 72.2 Å². The highest BCUT2D eigenvalue weighted by atomic mass is 16.5. The second-order valence-corrected chi connectivity index (χ2v) is 8.16. The normalized spacial score (nSPS) is 13.5. The van der Waals surface area contributed by atoms with Gasteiger partial charge in [-0.3, -0.25) is 0 Å². The lowest BCUT2D eigenvalue weighted by atomic mass is 10.0. The molecule has 1 aliphatic rings. The van der Waals surface area contributed by atoms with E-state index >= 15 is 0 Å². The third-order valence-corrected chi connectivity index (χ3v) is 6.06. The molecule has 5 rings (SSSR count). The minimum atomic E-state index is -0.357. The SMILES string of the molecule is COc1ccc(C=C2CCc3c2nc2ccccc2c3C(=O)OCc2ccc(C#N)cc2)cc1. The molecule has 0 bridgehead atoms. The number of carbonyl (C=O) groups is 1. The van der Waals surface area contributed by atoms with Gasteiger partial charge in [0.1, 0.15) is 12.4 Å². The van der Waals surface area contributed by atoms with E-state index in [1.807, 2.05) is 48.5 Å². The van der Waals surface area contributed by atoms with Gasteiger partial charge in [-0.1, -0.05) is 42.5 Å². The summed E-state index contributed by atoms with van der Waals surface area (Å²) in [6.07, 6.45) is 3.66. The molecule has 1 aromatic heterocycles. The Balaban J connectivity index is 1.50. The number of allylic oxidation sites excluding steroid dienone is 1. The first kappa shape index (κ1) is 21.4. The van der Waals surface area contributed by atoms with E-state index in [9.17, 15) is 4.79 Å². The third-order valence-electron chi connectivity index (χ3n) is 6.06. The van der Waals surface area contributed by atoms with E-state index in [1.54, 1.807) is 31.4 Å². The summed E-state index contributed by atoms with van der Waals surface area (Å²) in [6, 6.07) is 24.7. The van der Waals surface area contributed by atoms with E-state index in [0.717, 1.165) is 57.5 Å². The maximum atomic E-state index is 13.3. The van der Waals surface area contributed by atoms with Crippen LogP contribution in [-0.2, 0) is 17.8 Å². The Morgan fingerprint density at radius 3 is 2.53 bits per heavy atom. The molecule has 0 radical (unpaired) electrons. The van der Waals surface area contributed by atoms with Crippen molar-refractivity contribution in [1.29, 1.82) is 5.26 Å². The van der Waals surface area contributed by atoms with Crippen molar-refractivity contribution < 1.29 is 14.3 Å². The number of benzene rings is 3. The van der Waals surface area contributed by atoms with Crippen LogP contribution >= 0.6 is 0 Å². The number of methoxy groups -OCH3 is 1. The van der Waals surface area contributed by atoms with Gasteiger partial charge in [0.2, 0.25) is 0 Å². The fourth-order valence-corrected chi connectivity index (χ4v) is 4.31. The van der Waals surface area contributed by atoms with Crippen LogP contribution in [0.1, 0.15) is 44.7 Å². The second-order valence-electron chi connectivity index (χ2n) is 8.16. The van der Waals surface area contributed by atoms with Crippen molar-refractivity contribution in [2.45, 2.75) is 19.4 Å². The molecule has 0 saturated carbocycles. The van der Waals surface area contributed by atoms with Gasteiger partial charge in [-0.15, -0.1) is 0 Å². The molecule has 4 aromatic rings. The lowest BCUT2D eigenvalue weighted by molar-refractivity contribution is 0.0474. The summed E-state index contributed by atoms with van der Waals surface area (Å²) in [5, 5.41) is 9.77. The van der Waals surface area contributed by atoms with Crippen molar-refractivity contribution in [3.05, 3.63) is 106 Å². The second kappa shape index (κ2) is 9.21. The summed E-state index contributed by atoms with van der Waals surface area (Å²) in [7, 11) is 1.65. The summed E-state index contributed by atoms with van der Waals surface area (Å²) in [6.45, 7) is 0.143. The van der Waals surface area contributed by atoms with Crippen LogP contribution in [0.25, 0.3) is 22.6 Å². The molecule has 1 aliphatic carbocycles. The molecule has 3 aromatic carbocycles. The maximum Gasteiger partial charge on any atom is 0.339 e. The molecule has 0 saturated heterocycles. The molecule has 0 amide bonds. The summed E-state index contributed by atoms with van der Waals surface area (Å²) < 4.78 is 11.0. The van der Waals surface area contributed by atoms with Crippen LogP contribution in [0.3, 0.4) is 0 Å². The first-order chi connectivity index (χ1) is 16.7. The minimum absolute atomic E-state index is 0.143. The number of hydrogen-bond donors (Lipinski definition) is 0. The lowest BCUT2D eigenvalue weighted by Crippen LogP contribution is -2.10. The van der Waals surface area contributed by atoms with E-state index in [2.05, 4.69) is 12.1 Å². The molecule has 0 atom stereocenters. The zero-order chi connectivity index (χ0) is 23.5. The van der Waals surface area contributed by atoms with Crippen molar-refractivity contribution in [2.75, 3.05) is 7.11 Å². The maximum absolute atomic E-state index is 13.3. The molecule has 0 N–H and O–H groups in total. The number of hydrogen-bond acceptors (Lipinski definition) is 5. The summed E-state index contributed by atoms with van der Waals surface area (Å²) in [5.41, 5.74) is 6.73. The summed E-state index contributed by atoms with van der Waals surface area (Å²) >= 11 is 0. The molecular weight excluding hydrogens is 424 g/mol. The van der Waals surface area contributed by atoms with Gasteiger partial charge in [0.25, 0.3) is 0 Å². The predicted molar refractivity (Wildman–Crippen MR) is 131 cm³/mol. The Kier molecular flexibility index (Phi) is 5.80. The first-order valence-electron chi connectivity index (χ1n) is 11.1. The molecule has 34 heavy (non-hydrogen) atoms. The Morgan fingerprint density at radius 1 is 1.03 bits per heavy atom. The zero-order valence-corrected chi connectivity index (χ0v) is 18.7. The fourth-order valence-electron chi connectivity index (χ4n) is 4.31. The monoisotopic (exact) mass is 446 g/mol. The number of para-hydroxylation sites is 1. The van der Waals surface area contributed by atoms with Crippen molar-refractivity contribution in [1.82, 2.24) is 4.98 Å². The number of rotatable bonds is 5. The van der Waals surface area contributed by atoms with Crippen LogP contribution in [0.4, 0.5) is 0 Å². The van der Waals surface area contributed by atoms with E-state index in [0.29, 0.717) is 11.1 Å². The van der Waals surface area contributed by atoms with Crippen molar-refractivity contribution in [2.24, 2.45) is 0 Å². The van der Waals surface area contributed by atoms with Crippen molar-refractivity contribution in [3.8, 4) is 11.8 Å². The molecule has 0 fully saturated rings. The molecule has 0 unspecified atom stereocenters. The van der Waals surface area contributed by atoms with Crippen LogP contribution in [-0.4, -0.2) is 18.1 Å². The van der Waals surface area contributed by atoms with Gasteiger partial charge in [-0.05, 0) is 71.5 Å². The quantitative estimate of drug-likeness (QED) is 0.354. The molecule has 0 aliphatic heterocycles. The van der Waals surface area contributed by atoms with E-state index in [-0.39, 0.29) is 12.6 Å². The highest BCUT2D eigenvalue weighted by Crippen LogP contribution is 2.38. The van der Waals surface area contributed by atoms with Crippen molar-refractivity contribution >= 4 is 28.5 Å². The molecule has 0 spiro atoms. The Morgan fingerprint density at radius 2 is 1.79 bits per heavy atom. The van der Waals surface area contributed by atoms with Gasteiger partial charge in [0, 0.05) is 5.39 Å². The molecule has 1 heterocycles. The zero-order valence-electron chi connectivity index (χ0n) is 18.7. The number of aromatic nitrogens is 1. The number of esters is 1. The number of ether oxygens (including phenoxy) is 2. The molecule has 5 heteroatoms. The standard InChI is InChI=1S/C29H22N2O3/c1-33-23-13-10-19(11-14-23)16-22-12-15-25-27(24-4-2-3-5-26(24)31-28(22)25)29(32)34-18-21-8-6-20(17-30)7-9-21/h2-11,13-14,16H,12,15,18H2,1H3. The van der Waals surface area contributed by atoms with Gasteiger partial charge in [-0.25, -0.2) is 9.78 Å². The van der Waals surface area contributed by atoms with E-state index < -0.39 is 0 Å². The van der Waals surface area contributed by atoms with E-state index in [1.165, 1.54) is 0 Å². The highest BCUT2D eigenvalue weighted by Gasteiger charge is 2.27. The Bertz CT molecular complexity index is 1450. The van der Waals surface area contributed by atoms with Crippen LogP contribution in [0.2, 0.25) is 0 Å². The molecular formula is C29H22N2O3. The van der Waals surface area contributed by atoms with Crippen molar-refractivity contribution in [3.63, 3.8) is 0 Å². The first-order valence-corrected chi connectivity index (χ1v) is 11.1. The van der Waals surface area contributed by atoms with Crippen LogP contribution < -0.4 is 4.74 Å². The van der Waals surface area contributed by atoms with Gasteiger partial charge in [0.05, 0.1) is 35.5 Å². The van der Waals surface area contributed by atoms with Crippen LogP contribution in [0, 0.1) is 11.3 Å². The smallest absolute Gasteiger partial charge is 0.339 e. The fraction of sp³-hybridized carbons (Fsp3) is 0.138. The van der Waals surface area contributed by atoms with Gasteiger partial charge >= 0.3 is 5.97 Å². The Hall–Kier alpha value is -4.43. The van der Waals surface area contributed by atoms with Gasteiger partial charge in [0.15, 0.2) is 0 Å². The predicted octanol–water partition coefficient (Wildman–Crippen LogP) is 5.96. The number of nitrogens with zero attached hydrogens (tertiary/aromatic N) is 2. The van der Waals surface area contributed by atoms with Crippen LogP contribution in [0.15, 0.2) is 72.8 Å². The largest absolute Gasteiger partial charge is 0.497 e. The average Bonchev–Trinajstić information content (AvgIpc) is 3.28. The highest BCUT2D eigenvalue weighted by molar-refractivity contribution is 6.07. The minimum Gasteiger partial charge on any atom is -0.497 e. The van der Waals surface area contributed by atoms with Gasteiger partial charge < -0.3 is 9.47 Å². The Labute approximate surface area is 197 Å². The van der Waals surface area contributed by atoms with Crippen LogP contribution in [0.5, 0.6) is 5.75 Å². The average molecular weight is 447 g/mol.